The second-order valence-electron chi connectivity index (χ2n) is 6.71. The lowest BCUT2D eigenvalue weighted by Crippen LogP contribution is -2.43. The minimum Gasteiger partial charge on any atom is -0.372 e. The van der Waals surface area contributed by atoms with E-state index in [-0.39, 0.29) is 36.5 Å². The van der Waals surface area contributed by atoms with Crippen LogP contribution in [0.4, 0.5) is 4.39 Å². The van der Waals surface area contributed by atoms with Gasteiger partial charge in [0.05, 0.1) is 12.7 Å². The van der Waals surface area contributed by atoms with Gasteiger partial charge in [-0.2, -0.15) is 0 Å². The summed E-state index contributed by atoms with van der Waals surface area (Å²) in [7, 11) is 0. The Morgan fingerprint density at radius 2 is 2.00 bits per heavy atom. The Bertz CT molecular complexity index is 765. The van der Waals surface area contributed by atoms with Crippen molar-refractivity contribution >= 4 is 11.7 Å². The third-order valence-electron chi connectivity index (χ3n) is 4.67. The van der Waals surface area contributed by atoms with Gasteiger partial charge in [-0.25, -0.2) is 4.39 Å². The van der Waals surface area contributed by atoms with E-state index in [0.29, 0.717) is 25.3 Å². The van der Waals surface area contributed by atoms with E-state index in [1.54, 1.807) is 17.3 Å². The molecule has 27 heavy (non-hydrogen) atoms. The highest BCUT2D eigenvalue weighted by atomic mass is 19.1. The molecule has 1 aliphatic heterocycles. The van der Waals surface area contributed by atoms with E-state index in [1.165, 1.54) is 24.3 Å². The molecule has 1 fully saturated rings. The fourth-order valence-electron chi connectivity index (χ4n) is 3.16. The highest BCUT2D eigenvalue weighted by molar-refractivity contribution is 5.97. The largest absolute Gasteiger partial charge is 0.372 e. The van der Waals surface area contributed by atoms with Crippen LogP contribution < -0.4 is 0 Å². The Morgan fingerprint density at radius 3 is 2.74 bits per heavy atom. The summed E-state index contributed by atoms with van der Waals surface area (Å²) in [4.78, 5) is 30.4. The number of piperidine rings is 1. The molecule has 2 heterocycles. The van der Waals surface area contributed by atoms with Crippen LogP contribution in [0.1, 0.15) is 41.6 Å². The van der Waals surface area contributed by atoms with Gasteiger partial charge in [0, 0.05) is 43.9 Å². The van der Waals surface area contributed by atoms with Crippen LogP contribution in [-0.4, -0.2) is 40.8 Å². The molecule has 142 valence electrons. The molecule has 0 radical (unpaired) electrons. The third kappa shape index (κ3) is 5.69. The number of carbonyl (C=O) groups is 2. The lowest BCUT2D eigenvalue weighted by Gasteiger charge is -2.32. The molecule has 0 spiro atoms. The van der Waals surface area contributed by atoms with E-state index in [4.69, 9.17) is 4.74 Å². The van der Waals surface area contributed by atoms with Crippen molar-refractivity contribution < 1.29 is 18.7 Å². The zero-order valence-electron chi connectivity index (χ0n) is 15.1. The first kappa shape index (κ1) is 19.2. The van der Waals surface area contributed by atoms with Crippen LogP contribution in [0.3, 0.4) is 0 Å². The second kappa shape index (κ2) is 9.37. The lowest BCUT2D eigenvalue weighted by molar-refractivity contribution is -0.135. The number of ketones is 1. The molecule has 1 aromatic heterocycles. The van der Waals surface area contributed by atoms with Crippen molar-refractivity contribution in [2.75, 3.05) is 13.1 Å². The number of halogens is 1. The number of amides is 1. The van der Waals surface area contributed by atoms with E-state index < -0.39 is 0 Å². The summed E-state index contributed by atoms with van der Waals surface area (Å²) in [6.07, 6.45) is 5.57. The highest BCUT2D eigenvalue weighted by Crippen LogP contribution is 2.17. The molecule has 0 aliphatic carbocycles. The van der Waals surface area contributed by atoms with Crippen LogP contribution >= 0.6 is 0 Å². The van der Waals surface area contributed by atoms with Crippen molar-refractivity contribution in [3.8, 4) is 0 Å². The van der Waals surface area contributed by atoms with Gasteiger partial charge < -0.3 is 9.64 Å². The van der Waals surface area contributed by atoms with Gasteiger partial charge >= 0.3 is 0 Å². The monoisotopic (exact) mass is 370 g/mol. The number of benzene rings is 1. The van der Waals surface area contributed by atoms with Crippen LogP contribution in [-0.2, 0) is 16.1 Å². The van der Waals surface area contributed by atoms with Gasteiger partial charge in [0.1, 0.15) is 5.82 Å². The summed E-state index contributed by atoms with van der Waals surface area (Å²) in [5.74, 6) is -0.571. The zero-order valence-corrected chi connectivity index (χ0v) is 15.1. The van der Waals surface area contributed by atoms with Crippen LogP contribution in [0.25, 0.3) is 0 Å². The Balaban J connectivity index is 1.45. The van der Waals surface area contributed by atoms with Crippen molar-refractivity contribution in [2.24, 2.45) is 0 Å². The summed E-state index contributed by atoms with van der Waals surface area (Å²) in [5, 5.41) is 0. The molecule has 2 aromatic rings. The number of pyridine rings is 1. The molecular formula is C21H23FN2O3. The average molecular weight is 370 g/mol. The molecule has 0 N–H and O–H groups in total. The van der Waals surface area contributed by atoms with E-state index >= 15 is 0 Å². The summed E-state index contributed by atoms with van der Waals surface area (Å²) in [6, 6.07) is 9.23. The minimum absolute atomic E-state index is 0.00398. The number of rotatable bonds is 7. The summed E-state index contributed by atoms with van der Waals surface area (Å²) in [6.45, 7) is 1.71. The van der Waals surface area contributed by atoms with Gasteiger partial charge in [0.15, 0.2) is 5.78 Å². The third-order valence-corrected chi connectivity index (χ3v) is 4.67. The number of hydrogen-bond donors (Lipinski definition) is 0. The number of nitrogens with zero attached hydrogens (tertiary/aromatic N) is 2. The summed E-state index contributed by atoms with van der Waals surface area (Å²) < 4.78 is 18.8. The number of aromatic nitrogens is 1. The van der Waals surface area contributed by atoms with Crippen molar-refractivity contribution in [1.29, 1.82) is 0 Å². The van der Waals surface area contributed by atoms with Crippen molar-refractivity contribution in [1.82, 2.24) is 9.88 Å². The first-order valence-electron chi connectivity index (χ1n) is 9.19. The number of hydrogen-bond acceptors (Lipinski definition) is 4. The molecule has 3 rings (SSSR count). The quantitative estimate of drug-likeness (QED) is 0.701. The standard InChI is InChI=1S/C21H23FN2O3/c22-18-7-5-17(6-8-18)20(25)9-10-21(26)24-12-2-4-19(14-24)27-15-16-3-1-11-23-13-16/h1,3,5-8,11,13,19H,2,4,9-10,12,14-15H2/t19-/m1/s1. The number of ether oxygens (including phenoxy) is 1. The van der Waals surface area contributed by atoms with Gasteiger partial charge in [-0.1, -0.05) is 6.07 Å². The molecule has 5 nitrogen and oxygen atoms in total. The van der Waals surface area contributed by atoms with Gasteiger partial charge in [0.25, 0.3) is 0 Å². The number of Topliss-reactive ketones (excluding diaryl/α,β-unsaturated/α-hetero) is 1. The normalized spacial score (nSPS) is 16.9. The maximum atomic E-state index is 12.9. The second-order valence-corrected chi connectivity index (χ2v) is 6.71. The molecule has 0 bridgehead atoms. The molecule has 0 unspecified atom stereocenters. The van der Waals surface area contributed by atoms with Crippen LogP contribution in [0.15, 0.2) is 48.8 Å². The predicted molar refractivity (Wildman–Crippen MR) is 98.6 cm³/mol. The Kier molecular flexibility index (Phi) is 6.65. The Hall–Kier alpha value is -2.60. The maximum absolute atomic E-state index is 12.9. The van der Waals surface area contributed by atoms with E-state index in [9.17, 15) is 14.0 Å². The zero-order chi connectivity index (χ0) is 19.1. The predicted octanol–water partition coefficient (Wildman–Crippen LogP) is 3.39. The van der Waals surface area contributed by atoms with Gasteiger partial charge in [-0.15, -0.1) is 0 Å². The van der Waals surface area contributed by atoms with Crippen LogP contribution in [0.2, 0.25) is 0 Å². The molecule has 6 heteroatoms. The maximum Gasteiger partial charge on any atom is 0.223 e. The molecule has 1 atom stereocenters. The summed E-state index contributed by atoms with van der Waals surface area (Å²) in [5.41, 5.74) is 1.44. The molecule has 1 saturated heterocycles. The molecule has 1 aromatic carbocycles. The fraction of sp³-hybridized carbons (Fsp3) is 0.381. The molecule has 1 aliphatic rings. The van der Waals surface area contributed by atoms with Gasteiger partial charge in [0.2, 0.25) is 5.91 Å². The van der Waals surface area contributed by atoms with Crippen molar-refractivity contribution in [2.45, 2.75) is 38.4 Å². The van der Waals surface area contributed by atoms with E-state index in [1.807, 2.05) is 12.1 Å². The lowest BCUT2D eigenvalue weighted by atomic mass is 10.0. The SMILES string of the molecule is O=C(CCC(=O)N1CCC[C@@H](OCc2cccnc2)C1)c1ccc(F)cc1. The smallest absolute Gasteiger partial charge is 0.223 e. The average Bonchev–Trinajstić information content (AvgIpc) is 2.72. The molecular weight excluding hydrogens is 347 g/mol. The Labute approximate surface area is 158 Å². The van der Waals surface area contributed by atoms with Crippen molar-refractivity contribution in [3.05, 3.63) is 65.7 Å². The summed E-state index contributed by atoms with van der Waals surface area (Å²) >= 11 is 0. The highest BCUT2D eigenvalue weighted by Gasteiger charge is 2.24. The van der Waals surface area contributed by atoms with E-state index in [0.717, 1.165) is 18.4 Å². The topological polar surface area (TPSA) is 59.5 Å². The van der Waals surface area contributed by atoms with Crippen molar-refractivity contribution in [3.63, 3.8) is 0 Å². The minimum atomic E-state index is -0.381. The van der Waals surface area contributed by atoms with Gasteiger partial charge in [-0.05, 0) is 48.7 Å². The molecule has 1 amide bonds. The Morgan fingerprint density at radius 1 is 1.19 bits per heavy atom. The first-order valence-corrected chi connectivity index (χ1v) is 9.19. The fourth-order valence-corrected chi connectivity index (χ4v) is 3.16. The molecule has 0 saturated carbocycles. The number of carbonyl (C=O) groups excluding carboxylic acids is 2. The van der Waals surface area contributed by atoms with Gasteiger partial charge in [-0.3, -0.25) is 14.6 Å². The van der Waals surface area contributed by atoms with Crippen LogP contribution in [0.5, 0.6) is 0 Å². The van der Waals surface area contributed by atoms with E-state index in [2.05, 4.69) is 4.98 Å². The first-order chi connectivity index (χ1) is 13.1. The van der Waals surface area contributed by atoms with Crippen LogP contribution in [0, 0.1) is 5.82 Å². The number of likely N-dealkylation sites (tertiary alicyclic amines) is 1.